The Morgan fingerprint density at radius 2 is 2.15 bits per heavy atom. The summed E-state index contributed by atoms with van der Waals surface area (Å²) in [5.41, 5.74) is 0.807. The summed E-state index contributed by atoms with van der Waals surface area (Å²) in [6.45, 7) is 0. The van der Waals surface area contributed by atoms with E-state index >= 15 is 0 Å². The van der Waals surface area contributed by atoms with E-state index in [1.165, 1.54) is 11.5 Å². The van der Waals surface area contributed by atoms with Crippen LogP contribution in [0.5, 0.6) is 0 Å². The maximum Gasteiger partial charge on any atom is 0.234 e. The fourth-order valence-corrected chi connectivity index (χ4v) is 1.97. The first-order valence-corrected chi connectivity index (χ1v) is 4.89. The molecule has 0 aliphatic heterocycles. The molecule has 0 N–H and O–H groups in total. The third-order valence-electron chi connectivity index (χ3n) is 1.40. The average molecular weight is 232 g/mol. The molecule has 0 radical (unpaired) electrons. The van der Waals surface area contributed by atoms with Crippen LogP contribution in [0.4, 0.5) is 0 Å². The highest BCUT2D eigenvalue weighted by Gasteiger charge is 2.07. The van der Waals surface area contributed by atoms with Gasteiger partial charge in [-0.3, -0.25) is 4.98 Å². The Kier molecular flexibility index (Phi) is 2.44. The maximum absolute atomic E-state index is 5.90. The molecule has 0 amide bonds. The maximum atomic E-state index is 5.90. The molecule has 0 saturated heterocycles. The molecule has 13 heavy (non-hydrogen) atoms. The summed E-state index contributed by atoms with van der Waals surface area (Å²) in [4.78, 5) is 7.87. The Bertz CT molecular complexity index is 429. The van der Waals surface area contributed by atoms with Crippen molar-refractivity contribution in [1.82, 2.24) is 14.3 Å². The topological polar surface area (TPSA) is 38.7 Å². The van der Waals surface area contributed by atoms with Crippen LogP contribution in [0.3, 0.4) is 0 Å². The van der Waals surface area contributed by atoms with Crippen molar-refractivity contribution in [3.63, 3.8) is 0 Å². The lowest BCUT2D eigenvalue weighted by molar-refractivity contribution is 1.30. The van der Waals surface area contributed by atoms with Crippen molar-refractivity contribution in [3.8, 4) is 10.6 Å². The number of hydrogen-bond donors (Lipinski definition) is 0. The van der Waals surface area contributed by atoms with Gasteiger partial charge in [0.25, 0.3) is 0 Å². The normalized spacial score (nSPS) is 10.3. The number of nitrogens with zero attached hydrogens (tertiary/aromatic N) is 3. The summed E-state index contributed by atoms with van der Waals surface area (Å²) in [6.07, 6.45) is 3.21. The lowest BCUT2D eigenvalue weighted by atomic mass is 10.3. The van der Waals surface area contributed by atoms with Gasteiger partial charge in [-0.2, -0.15) is 4.37 Å². The van der Waals surface area contributed by atoms with Crippen molar-refractivity contribution in [2.45, 2.75) is 0 Å². The Hall–Kier alpha value is -0.710. The lowest BCUT2D eigenvalue weighted by Crippen LogP contribution is -1.79. The zero-order valence-corrected chi connectivity index (χ0v) is 8.57. The molecule has 2 aromatic heterocycles. The lowest BCUT2D eigenvalue weighted by Gasteiger charge is -1.95. The fourth-order valence-electron chi connectivity index (χ4n) is 0.864. The first-order valence-electron chi connectivity index (χ1n) is 3.36. The molecule has 3 nitrogen and oxygen atoms in total. The van der Waals surface area contributed by atoms with E-state index in [0.717, 1.165) is 5.56 Å². The molecule has 2 aromatic rings. The Labute approximate surface area is 88.5 Å². The predicted molar refractivity (Wildman–Crippen MR) is 53.2 cm³/mol. The summed E-state index contributed by atoms with van der Waals surface area (Å²) in [7, 11) is 0. The highest BCUT2D eigenvalue weighted by Crippen LogP contribution is 2.28. The molecule has 0 aliphatic rings. The van der Waals surface area contributed by atoms with Gasteiger partial charge < -0.3 is 0 Å². The summed E-state index contributed by atoms with van der Waals surface area (Å²) in [6, 6.07) is 1.78. The molecule has 66 valence electrons. The average Bonchev–Trinajstić information content (AvgIpc) is 2.53. The van der Waals surface area contributed by atoms with Crippen LogP contribution in [0.25, 0.3) is 10.6 Å². The summed E-state index contributed by atoms with van der Waals surface area (Å²) in [5.74, 6) is 0. The van der Waals surface area contributed by atoms with Gasteiger partial charge in [-0.15, -0.1) is 0 Å². The molecule has 2 heterocycles. The second kappa shape index (κ2) is 3.57. The van der Waals surface area contributed by atoms with Crippen LogP contribution in [0.1, 0.15) is 0 Å². The van der Waals surface area contributed by atoms with Gasteiger partial charge in [-0.25, -0.2) is 4.98 Å². The van der Waals surface area contributed by atoms with Gasteiger partial charge in [0.2, 0.25) is 5.28 Å². The molecule has 0 unspecified atom stereocenters. The number of pyridine rings is 1. The summed E-state index contributed by atoms with van der Waals surface area (Å²) >= 11 is 12.7. The molecule has 0 saturated carbocycles. The van der Waals surface area contributed by atoms with Crippen molar-refractivity contribution in [2.24, 2.45) is 0 Å². The number of rotatable bonds is 1. The van der Waals surface area contributed by atoms with Gasteiger partial charge in [0, 0.05) is 18.0 Å². The quantitative estimate of drug-likeness (QED) is 0.758. The molecule has 0 fully saturated rings. The van der Waals surface area contributed by atoms with Gasteiger partial charge in [-0.05, 0) is 29.2 Å². The van der Waals surface area contributed by atoms with Crippen LogP contribution < -0.4 is 0 Å². The van der Waals surface area contributed by atoms with Crippen LogP contribution >= 0.6 is 34.7 Å². The van der Waals surface area contributed by atoms with E-state index in [1.54, 1.807) is 18.5 Å². The molecule has 0 bridgehead atoms. The van der Waals surface area contributed by atoms with Crippen LogP contribution in [-0.2, 0) is 0 Å². The van der Waals surface area contributed by atoms with E-state index in [-0.39, 0.29) is 5.28 Å². The highest BCUT2D eigenvalue weighted by atomic mass is 35.5. The molecule has 2 rings (SSSR count). The third-order valence-corrected chi connectivity index (χ3v) is 2.72. The molecule has 0 aromatic carbocycles. The smallest absolute Gasteiger partial charge is 0.234 e. The van der Waals surface area contributed by atoms with Gasteiger partial charge >= 0.3 is 0 Å². The van der Waals surface area contributed by atoms with Crippen LogP contribution in [0, 0.1) is 0 Å². The highest BCUT2D eigenvalue weighted by molar-refractivity contribution is 7.09. The zero-order valence-electron chi connectivity index (χ0n) is 6.24. The molecular weight excluding hydrogens is 229 g/mol. The van der Waals surface area contributed by atoms with E-state index < -0.39 is 0 Å². The largest absolute Gasteiger partial charge is 0.263 e. The second-order valence-corrected chi connectivity index (χ2v) is 3.72. The van der Waals surface area contributed by atoms with E-state index in [9.17, 15) is 0 Å². The van der Waals surface area contributed by atoms with Crippen molar-refractivity contribution in [2.75, 3.05) is 0 Å². The minimum atomic E-state index is 0.243. The van der Waals surface area contributed by atoms with Crippen molar-refractivity contribution in [1.29, 1.82) is 0 Å². The molecule has 0 atom stereocenters. The number of halogens is 2. The first-order chi connectivity index (χ1) is 6.27. The monoisotopic (exact) mass is 231 g/mol. The van der Waals surface area contributed by atoms with Crippen LogP contribution in [-0.4, -0.2) is 14.3 Å². The van der Waals surface area contributed by atoms with E-state index in [4.69, 9.17) is 23.2 Å². The number of hydrogen-bond acceptors (Lipinski definition) is 4. The van der Waals surface area contributed by atoms with Gasteiger partial charge in [0.15, 0.2) is 0 Å². The van der Waals surface area contributed by atoms with E-state index in [1.807, 2.05) is 0 Å². The standard InChI is InChI=1S/C7H3Cl2N3S/c8-5-3-10-2-1-4(5)6-11-7(9)12-13-6/h1-3H. The van der Waals surface area contributed by atoms with Crippen molar-refractivity contribution >= 4 is 34.7 Å². The Morgan fingerprint density at radius 3 is 2.77 bits per heavy atom. The third kappa shape index (κ3) is 1.80. The Balaban J connectivity index is 2.52. The minimum absolute atomic E-state index is 0.243. The summed E-state index contributed by atoms with van der Waals surface area (Å²) in [5, 5.41) is 1.50. The Morgan fingerprint density at radius 1 is 1.31 bits per heavy atom. The molecular formula is C7H3Cl2N3S. The SMILES string of the molecule is Clc1nsc(-c2ccncc2Cl)n1. The minimum Gasteiger partial charge on any atom is -0.263 e. The predicted octanol–water partition coefficient (Wildman–Crippen LogP) is 2.91. The van der Waals surface area contributed by atoms with Crippen molar-refractivity contribution in [3.05, 3.63) is 28.8 Å². The van der Waals surface area contributed by atoms with Crippen LogP contribution in [0.15, 0.2) is 18.5 Å². The molecule has 0 spiro atoms. The van der Waals surface area contributed by atoms with Crippen molar-refractivity contribution < 1.29 is 0 Å². The summed E-state index contributed by atoms with van der Waals surface area (Å²) < 4.78 is 3.85. The van der Waals surface area contributed by atoms with Gasteiger partial charge in [0.1, 0.15) is 5.01 Å². The van der Waals surface area contributed by atoms with Gasteiger partial charge in [0.05, 0.1) is 5.02 Å². The number of aromatic nitrogens is 3. The first kappa shape index (κ1) is 8.87. The fraction of sp³-hybridized carbons (Fsp3) is 0. The van der Waals surface area contributed by atoms with E-state index in [2.05, 4.69) is 14.3 Å². The van der Waals surface area contributed by atoms with Gasteiger partial charge in [-0.1, -0.05) is 11.6 Å². The molecule has 6 heteroatoms. The zero-order chi connectivity index (χ0) is 9.26. The van der Waals surface area contributed by atoms with E-state index in [0.29, 0.717) is 10.0 Å². The van der Waals surface area contributed by atoms with Crippen LogP contribution in [0.2, 0.25) is 10.3 Å². The second-order valence-electron chi connectivity index (χ2n) is 2.22. The molecule has 0 aliphatic carbocycles.